The lowest BCUT2D eigenvalue weighted by molar-refractivity contribution is -0.140. The maximum atomic E-state index is 13.2. The fourth-order valence-corrected chi connectivity index (χ4v) is 3.84. The number of carbonyl (C=O) groups is 2. The fraction of sp³-hybridized carbons (Fsp3) is 0.417. The minimum Gasteiger partial charge on any atom is -0.354 e. The van der Waals surface area contributed by atoms with Crippen molar-refractivity contribution in [2.45, 2.75) is 59.5 Å². The first-order chi connectivity index (χ1) is 13.8. The molecule has 29 heavy (non-hydrogen) atoms. The van der Waals surface area contributed by atoms with Crippen LogP contribution in [0.5, 0.6) is 0 Å². The lowest BCUT2D eigenvalue weighted by atomic mass is 10.0. The van der Waals surface area contributed by atoms with Crippen LogP contribution in [0.2, 0.25) is 0 Å². The Labute approximate surface area is 182 Å². The summed E-state index contributed by atoms with van der Waals surface area (Å²) in [7, 11) is 0. The predicted octanol–water partition coefficient (Wildman–Crippen LogP) is 4.94. The number of nitrogens with zero attached hydrogens (tertiary/aromatic N) is 1. The topological polar surface area (TPSA) is 49.4 Å². The zero-order valence-corrected chi connectivity index (χ0v) is 19.4. The van der Waals surface area contributed by atoms with Crippen molar-refractivity contribution in [1.29, 1.82) is 0 Å². The molecule has 0 unspecified atom stereocenters. The Morgan fingerprint density at radius 3 is 2.38 bits per heavy atom. The Bertz CT molecular complexity index is 830. The van der Waals surface area contributed by atoms with Crippen LogP contribution >= 0.6 is 15.9 Å². The summed E-state index contributed by atoms with van der Waals surface area (Å²) >= 11 is 3.48. The van der Waals surface area contributed by atoms with E-state index in [1.165, 1.54) is 0 Å². The highest BCUT2D eigenvalue weighted by atomic mass is 79.9. The van der Waals surface area contributed by atoms with Crippen molar-refractivity contribution in [2.24, 2.45) is 0 Å². The Morgan fingerprint density at radius 1 is 1.07 bits per heavy atom. The molecule has 2 aromatic carbocycles. The summed E-state index contributed by atoms with van der Waals surface area (Å²) in [5.41, 5.74) is 4.24. The van der Waals surface area contributed by atoms with E-state index in [9.17, 15) is 9.59 Å². The van der Waals surface area contributed by atoms with Crippen molar-refractivity contribution in [3.63, 3.8) is 0 Å². The van der Waals surface area contributed by atoms with Crippen LogP contribution in [-0.2, 0) is 22.6 Å². The molecule has 2 amide bonds. The van der Waals surface area contributed by atoms with Gasteiger partial charge in [-0.25, -0.2) is 0 Å². The van der Waals surface area contributed by atoms with Crippen molar-refractivity contribution >= 4 is 27.7 Å². The summed E-state index contributed by atoms with van der Waals surface area (Å²) in [4.78, 5) is 27.6. The van der Waals surface area contributed by atoms with Crippen LogP contribution < -0.4 is 5.32 Å². The summed E-state index contributed by atoms with van der Waals surface area (Å²) in [6.45, 7) is 8.98. The number of carbonyl (C=O) groups excluding carboxylic acids is 2. The number of rotatable bonds is 9. The van der Waals surface area contributed by atoms with E-state index in [-0.39, 0.29) is 18.2 Å². The second kappa shape index (κ2) is 11.1. The van der Waals surface area contributed by atoms with Crippen LogP contribution in [0.3, 0.4) is 0 Å². The Morgan fingerprint density at radius 2 is 1.76 bits per heavy atom. The molecular formula is C24H31BrN2O2. The zero-order chi connectivity index (χ0) is 21.4. The van der Waals surface area contributed by atoms with Gasteiger partial charge in [0.15, 0.2) is 0 Å². The normalized spacial score (nSPS) is 11.8. The molecule has 0 fully saturated rings. The molecule has 0 spiro atoms. The number of benzene rings is 2. The van der Waals surface area contributed by atoms with Gasteiger partial charge in [0.1, 0.15) is 6.04 Å². The van der Waals surface area contributed by atoms with E-state index >= 15 is 0 Å². The SMILES string of the molecule is CCCCNC(=O)[C@H](C)N(Cc1cccc(Br)c1)C(=O)Cc1cc(C)cc(C)c1. The lowest BCUT2D eigenvalue weighted by Crippen LogP contribution is -2.48. The molecule has 1 N–H and O–H groups in total. The van der Waals surface area contributed by atoms with Gasteiger partial charge in [0.2, 0.25) is 11.8 Å². The second-order valence-corrected chi connectivity index (χ2v) is 8.56. The molecule has 0 heterocycles. The summed E-state index contributed by atoms with van der Waals surface area (Å²) in [5, 5.41) is 2.96. The van der Waals surface area contributed by atoms with Gasteiger partial charge < -0.3 is 10.2 Å². The van der Waals surface area contributed by atoms with Crippen molar-refractivity contribution in [1.82, 2.24) is 10.2 Å². The van der Waals surface area contributed by atoms with E-state index in [4.69, 9.17) is 0 Å². The van der Waals surface area contributed by atoms with Gasteiger partial charge in [0.05, 0.1) is 6.42 Å². The summed E-state index contributed by atoms with van der Waals surface area (Å²) in [5.74, 6) is -0.157. The van der Waals surface area contributed by atoms with Gasteiger partial charge in [-0.05, 0) is 50.5 Å². The van der Waals surface area contributed by atoms with Gasteiger partial charge in [0, 0.05) is 17.6 Å². The highest BCUT2D eigenvalue weighted by molar-refractivity contribution is 9.10. The number of amides is 2. The van der Waals surface area contributed by atoms with E-state index in [1.54, 1.807) is 11.8 Å². The van der Waals surface area contributed by atoms with Crippen LogP contribution in [0.25, 0.3) is 0 Å². The van der Waals surface area contributed by atoms with E-state index in [0.717, 1.165) is 39.6 Å². The minimum absolute atomic E-state index is 0.0480. The minimum atomic E-state index is -0.538. The smallest absolute Gasteiger partial charge is 0.242 e. The third-order valence-electron chi connectivity index (χ3n) is 4.88. The molecule has 0 saturated carbocycles. The van der Waals surface area contributed by atoms with Crippen molar-refractivity contribution < 1.29 is 9.59 Å². The molecule has 1 atom stereocenters. The summed E-state index contributed by atoms with van der Waals surface area (Å²) in [6.07, 6.45) is 2.23. The van der Waals surface area contributed by atoms with Gasteiger partial charge in [-0.15, -0.1) is 0 Å². The fourth-order valence-electron chi connectivity index (χ4n) is 3.40. The third-order valence-corrected chi connectivity index (χ3v) is 5.37. The van der Waals surface area contributed by atoms with Gasteiger partial charge in [-0.2, -0.15) is 0 Å². The number of hydrogen-bond donors (Lipinski definition) is 1. The van der Waals surface area contributed by atoms with Crippen molar-refractivity contribution in [2.75, 3.05) is 6.54 Å². The molecular weight excluding hydrogens is 428 g/mol. The van der Waals surface area contributed by atoms with E-state index in [0.29, 0.717) is 13.1 Å². The molecule has 0 aromatic heterocycles. The Hall–Kier alpha value is -2.14. The van der Waals surface area contributed by atoms with Crippen LogP contribution in [0.15, 0.2) is 46.9 Å². The predicted molar refractivity (Wildman–Crippen MR) is 122 cm³/mol. The largest absolute Gasteiger partial charge is 0.354 e. The highest BCUT2D eigenvalue weighted by Crippen LogP contribution is 2.17. The molecule has 0 bridgehead atoms. The quantitative estimate of drug-likeness (QED) is 0.540. The van der Waals surface area contributed by atoms with Crippen LogP contribution in [0.4, 0.5) is 0 Å². The molecule has 0 aliphatic carbocycles. The van der Waals surface area contributed by atoms with Crippen molar-refractivity contribution in [3.05, 3.63) is 69.2 Å². The number of aryl methyl sites for hydroxylation is 2. The molecule has 156 valence electrons. The second-order valence-electron chi connectivity index (χ2n) is 7.64. The molecule has 0 saturated heterocycles. The van der Waals surface area contributed by atoms with E-state index in [2.05, 4.69) is 34.2 Å². The molecule has 2 rings (SSSR count). The maximum Gasteiger partial charge on any atom is 0.242 e. The molecule has 0 radical (unpaired) electrons. The molecule has 0 aliphatic heterocycles. The van der Waals surface area contributed by atoms with Crippen molar-refractivity contribution in [3.8, 4) is 0 Å². The van der Waals surface area contributed by atoms with E-state index < -0.39 is 6.04 Å². The summed E-state index contributed by atoms with van der Waals surface area (Å²) < 4.78 is 0.955. The first-order valence-electron chi connectivity index (χ1n) is 10.2. The highest BCUT2D eigenvalue weighted by Gasteiger charge is 2.26. The average molecular weight is 459 g/mol. The number of hydrogen-bond acceptors (Lipinski definition) is 2. The lowest BCUT2D eigenvalue weighted by Gasteiger charge is -2.29. The van der Waals surface area contributed by atoms with Gasteiger partial charge in [-0.1, -0.05) is 70.7 Å². The molecule has 0 aliphatic rings. The van der Waals surface area contributed by atoms with Gasteiger partial charge in [0.25, 0.3) is 0 Å². The van der Waals surface area contributed by atoms with Gasteiger partial charge in [-0.3, -0.25) is 9.59 Å². The molecule has 4 nitrogen and oxygen atoms in total. The Balaban J connectivity index is 2.22. The van der Waals surface area contributed by atoms with Gasteiger partial charge >= 0.3 is 0 Å². The number of unbranched alkanes of at least 4 members (excludes halogenated alkanes) is 1. The van der Waals surface area contributed by atoms with Crippen LogP contribution in [0, 0.1) is 13.8 Å². The van der Waals surface area contributed by atoms with Crippen LogP contribution in [0.1, 0.15) is 48.9 Å². The first kappa shape index (κ1) is 23.1. The number of halogens is 1. The zero-order valence-electron chi connectivity index (χ0n) is 17.8. The standard InChI is InChI=1S/C24H31BrN2O2/c1-5-6-10-26-24(29)19(4)27(16-20-8-7-9-22(25)14-20)23(28)15-21-12-17(2)11-18(3)13-21/h7-9,11-14,19H,5-6,10,15-16H2,1-4H3,(H,26,29)/t19-/m0/s1. The first-order valence-corrected chi connectivity index (χ1v) is 11.0. The maximum absolute atomic E-state index is 13.2. The Kier molecular flexibility index (Phi) is 8.90. The molecule has 5 heteroatoms. The van der Waals surface area contributed by atoms with Crippen LogP contribution in [-0.4, -0.2) is 29.3 Å². The monoisotopic (exact) mass is 458 g/mol. The molecule has 2 aromatic rings. The van der Waals surface area contributed by atoms with E-state index in [1.807, 2.05) is 50.2 Å². The number of nitrogens with one attached hydrogen (secondary N) is 1. The third kappa shape index (κ3) is 7.32. The average Bonchev–Trinajstić information content (AvgIpc) is 2.64. The summed E-state index contributed by atoms with van der Waals surface area (Å²) in [6, 6.07) is 13.5.